The van der Waals surface area contributed by atoms with Gasteiger partial charge in [0.1, 0.15) is 0 Å². The molecule has 0 unspecified atom stereocenters. The predicted octanol–water partition coefficient (Wildman–Crippen LogP) is 2.71. The molecule has 0 radical (unpaired) electrons. The summed E-state index contributed by atoms with van der Waals surface area (Å²) in [4.78, 5) is 5.09. The lowest BCUT2D eigenvalue weighted by atomic mass is 10.1. The number of rotatable bonds is 5. The summed E-state index contributed by atoms with van der Waals surface area (Å²) in [5, 5.41) is 3.53. The van der Waals surface area contributed by atoms with E-state index in [0.717, 1.165) is 13.1 Å². The molecule has 0 aliphatic carbocycles. The van der Waals surface area contributed by atoms with E-state index in [1.807, 2.05) is 0 Å². The first-order chi connectivity index (χ1) is 9.96. The number of piperazine rings is 1. The molecule has 0 amide bonds. The fourth-order valence-corrected chi connectivity index (χ4v) is 2.65. The average Bonchev–Trinajstić information content (AvgIpc) is 2.46. The van der Waals surface area contributed by atoms with E-state index >= 15 is 0 Å². The van der Waals surface area contributed by atoms with Crippen molar-refractivity contribution in [2.75, 3.05) is 32.7 Å². The van der Waals surface area contributed by atoms with Crippen molar-refractivity contribution in [2.45, 2.75) is 46.3 Å². The van der Waals surface area contributed by atoms with Gasteiger partial charge in [-0.15, -0.1) is 0 Å². The highest BCUT2D eigenvalue weighted by atomic mass is 15.3. The maximum absolute atomic E-state index is 3.53. The van der Waals surface area contributed by atoms with Crippen LogP contribution in [0.4, 0.5) is 0 Å². The number of nitrogens with zero attached hydrogens (tertiary/aromatic N) is 2. The number of nitrogens with one attached hydrogen (secondary N) is 1. The first kappa shape index (κ1) is 16.5. The highest BCUT2D eigenvalue weighted by Gasteiger charge is 2.15. The van der Waals surface area contributed by atoms with Crippen molar-refractivity contribution in [1.29, 1.82) is 0 Å². The number of benzene rings is 1. The molecule has 1 heterocycles. The predicted molar refractivity (Wildman–Crippen MR) is 90.4 cm³/mol. The normalized spacial score (nSPS) is 18.1. The van der Waals surface area contributed by atoms with Crippen LogP contribution in [-0.2, 0) is 13.1 Å². The van der Waals surface area contributed by atoms with Gasteiger partial charge in [-0.1, -0.05) is 31.2 Å². The Balaban J connectivity index is 1.80. The van der Waals surface area contributed by atoms with Crippen molar-refractivity contribution in [3.63, 3.8) is 0 Å². The largest absolute Gasteiger partial charge is 0.308 e. The number of likely N-dealkylation sites (N-methyl/N-ethyl adjacent to an activating group) is 1. The molecular weight excluding hydrogens is 258 g/mol. The monoisotopic (exact) mass is 289 g/mol. The van der Waals surface area contributed by atoms with E-state index < -0.39 is 0 Å². The fourth-order valence-electron chi connectivity index (χ4n) is 2.65. The second-order valence-electron chi connectivity index (χ2n) is 7.13. The van der Waals surface area contributed by atoms with Crippen molar-refractivity contribution in [1.82, 2.24) is 15.1 Å². The molecule has 1 N–H and O–H groups in total. The van der Waals surface area contributed by atoms with Crippen LogP contribution in [0.15, 0.2) is 24.3 Å². The van der Waals surface area contributed by atoms with Crippen LogP contribution in [0, 0.1) is 0 Å². The molecule has 0 saturated carbocycles. The Morgan fingerprint density at radius 2 is 1.43 bits per heavy atom. The second-order valence-corrected chi connectivity index (χ2v) is 7.13. The van der Waals surface area contributed by atoms with E-state index in [1.54, 1.807) is 0 Å². The van der Waals surface area contributed by atoms with Gasteiger partial charge >= 0.3 is 0 Å². The lowest BCUT2D eigenvalue weighted by Crippen LogP contribution is -2.45. The molecule has 118 valence electrons. The average molecular weight is 289 g/mol. The minimum Gasteiger partial charge on any atom is -0.308 e. The topological polar surface area (TPSA) is 18.5 Å². The van der Waals surface area contributed by atoms with Crippen LogP contribution >= 0.6 is 0 Å². The van der Waals surface area contributed by atoms with Gasteiger partial charge in [0.25, 0.3) is 0 Å². The third-order valence-corrected chi connectivity index (χ3v) is 4.16. The van der Waals surface area contributed by atoms with Gasteiger partial charge in [0.2, 0.25) is 0 Å². The van der Waals surface area contributed by atoms with Crippen molar-refractivity contribution in [3.05, 3.63) is 35.4 Å². The summed E-state index contributed by atoms with van der Waals surface area (Å²) in [7, 11) is 0. The van der Waals surface area contributed by atoms with Crippen LogP contribution < -0.4 is 5.32 Å². The van der Waals surface area contributed by atoms with Crippen LogP contribution in [0.2, 0.25) is 0 Å². The summed E-state index contributed by atoms with van der Waals surface area (Å²) in [5.74, 6) is 0. The molecular formula is C18H31N3. The minimum atomic E-state index is 0.178. The molecule has 1 saturated heterocycles. The molecule has 3 heteroatoms. The van der Waals surface area contributed by atoms with E-state index in [0.29, 0.717) is 0 Å². The lowest BCUT2D eigenvalue weighted by Gasteiger charge is -2.34. The third kappa shape index (κ3) is 5.77. The highest BCUT2D eigenvalue weighted by molar-refractivity contribution is 5.22. The Hall–Kier alpha value is -0.900. The van der Waals surface area contributed by atoms with Crippen LogP contribution in [-0.4, -0.2) is 48.1 Å². The summed E-state index contributed by atoms with van der Waals surface area (Å²) in [6.07, 6.45) is 0. The van der Waals surface area contributed by atoms with Crippen LogP contribution in [0.25, 0.3) is 0 Å². The molecule has 0 atom stereocenters. The Labute approximate surface area is 130 Å². The quantitative estimate of drug-likeness (QED) is 0.899. The van der Waals surface area contributed by atoms with Crippen LogP contribution in [0.1, 0.15) is 38.8 Å². The summed E-state index contributed by atoms with van der Waals surface area (Å²) < 4.78 is 0. The molecule has 1 aromatic rings. The lowest BCUT2D eigenvalue weighted by molar-refractivity contribution is 0.132. The highest BCUT2D eigenvalue weighted by Crippen LogP contribution is 2.11. The zero-order valence-corrected chi connectivity index (χ0v) is 14.2. The van der Waals surface area contributed by atoms with E-state index in [1.165, 1.54) is 43.9 Å². The Morgan fingerprint density at radius 3 is 1.95 bits per heavy atom. The third-order valence-electron chi connectivity index (χ3n) is 4.16. The van der Waals surface area contributed by atoms with Gasteiger partial charge in [-0.05, 0) is 38.4 Å². The van der Waals surface area contributed by atoms with Crippen molar-refractivity contribution in [2.24, 2.45) is 0 Å². The van der Waals surface area contributed by atoms with Gasteiger partial charge in [0.15, 0.2) is 0 Å². The molecule has 0 spiro atoms. The van der Waals surface area contributed by atoms with Crippen LogP contribution in [0.3, 0.4) is 0 Å². The second kappa shape index (κ2) is 7.39. The van der Waals surface area contributed by atoms with Gasteiger partial charge in [-0.25, -0.2) is 0 Å². The summed E-state index contributed by atoms with van der Waals surface area (Å²) in [6, 6.07) is 9.09. The molecule has 2 rings (SSSR count). The maximum atomic E-state index is 3.53. The van der Waals surface area contributed by atoms with Gasteiger partial charge in [0, 0.05) is 44.8 Å². The molecule has 3 nitrogen and oxygen atoms in total. The molecule has 1 fully saturated rings. The SMILES string of the molecule is CCN1CCN(Cc2ccc(CNC(C)(C)C)cc2)CC1. The molecule has 0 aromatic heterocycles. The molecule has 0 bridgehead atoms. The summed E-state index contributed by atoms with van der Waals surface area (Å²) in [6.45, 7) is 16.9. The van der Waals surface area contributed by atoms with E-state index in [2.05, 4.69) is 67.1 Å². The van der Waals surface area contributed by atoms with Crippen molar-refractivity contribution in [3.8, 4) is 0 Å². The Kier molecular flexibility index (Phi) is 5.80. The van der Waals surface area contributed by atoms with Crippen LogP contribution in [0.5, 0.6) is 0 Å². The van der Waals surface area contributed by atoms with E-state index in [-0.39, 0.29) is 5.54 Å². The zero-order chi connectivity index (χ0) is 15.3. The Morgan fingerprint density at radius 1 is 0.905 bits per heavy atom. The van der Waals surface area contributed by atoms with Crippen molar-refractivity contribution < 1.29 is 0 Å². The van der Waals surface area contributed by atoms with E-state index in [4.69, 9.17) is 0 Å². The van der Waals surface area contributed by atoms with Gasteiger partial charge in [-0.3, -0.25) is 4.90 Å². The minimum absolute atomic E-state index is 0.178. The standard InChI is InChI=1S/C18H31N3/c1-5-20-10-12-21(13-11-20)15-17-8-6-16(7-9-17)14-19-18(2,3)4/h6-9,19H,5,10-15H2,1-4H3. The Bertz CT molecular complexity index is 411. The first-order valence-corrected chi connectivity index (χ1v) is 8.24. The summed E-state index contributed by atoms with van der Waals surface area (Å²) in [5.41, 5.74) is 2.97. The molecule has 1 aliphatic heterocycles. The molecule has 1 aliphatic rings. The first-order valence-electron chi connectivity index (χ1n) is 8.24. The fraction of sp³-hybridized carbons (Fsp3) is 0.667. The summed E-state index contributed by atoms with van der Waals surface area (Å²) >= 11 is 0. The van der Waals surface area contributed by atoms with Gasteiger partial charge in [0.05, 0.1) is 0 Å². The molecule has 1 aromatic carbocycles. The maximum Gasteiger partial charge on any atom is 0.0234 e. The number of hydrogen-bond donors (Lipinski definition) is 1. The van der Waals surface area contributed by atoms with E-state index in [9.17, 15) is 0 Å². The number of hydrogen-bond acceptors (Lipinski definition) is 3. The zero-order valence-electron chi connectivity index (χ0n) is 14.2. The van der Waals surface area contributed by atoms with Crippen molar-refractivity contribution >= 4 is 0 Å². The van der Waals surface area contributed by atoms with Gasteiger partial charge in [-0.2, -0.15) is 0 Å². The van der Waals surface area contributed by atoms with Gasteiger partial charge < -0.3 is 10.2 Å². The molecule has 21 heavy (non-hydrogen) atoms. The smallest absolute Gasteiger partial charge is 0.0234 e.